The number of amides is 1. The molecule has 5 rings (SSSR count). The number of benzene rings is 3. The second kappa shape index (κ2) is 11.3. The summed E-state index contributed by atoms with van der Waals surface area (Å²) in [6.45, 7) is 3.82. The van der Waals surface area contributed by atoms with Crippen LogP contribution < -0.4 is 14.4 Å². The predicted molar refractivity (Wildman–Crippen MR) is 157 cm³/mol. The predicted octanol–water partition coefficient (Wildman–Crippen LogP) is 6.77. The lowest BCUT2D eigenvalue weighted by atomic mass is 10.1. The summed E-state index contributed by atoms with van der Waals surface area (Å²) >= 11 is 11.9. The van der Waals surface area contributed by atoms with E-state index < -0.39 is 0 Å². The molecule has 4 aromatic rings. The fourth-order valence-corrected chi connectivity index (χ4v) is 5.02. The quantitative estimate of drug-likeness (QED) is 0.132. The number of thiocarbonyl (C=S) groups is 1. The van der Waals surface area contributed by atoms with E-state index in [-0.39, 0.29) is 5.91 Å². The van der Waals surface area contributed by atoms with Crippen molar-refractivity contribution < 1.29 is 14.3 Å². The standard InChI is InChI=1S/C30H28ClN3O3S/c1-3-36-23-15-13-22(14-16-23)34-29(35)27(32(2)30(34)38)19-21-20-33(26-11-6-4-9-24(21)26)17-8-18-37-28-12-7-5-10-25(28)31/h4-7,9-16,19-20H,3,8,17-18H2,1-2H3/b27-19-. The lowest BCUT2D eigenvalue weighted by Crippen LogP contribution is -2.31. The molecule has 0 bridgehead atoms. The van der Waals surface area contributed by atoms with E-state index in [0.29, 0.717) is 40.5 Å². The third kappa shape index (κ3) is 5.12. The summed E-state index contributed by atoms with van der Waals surface area (Å²) in [4.78, 5) is 16.8. The Morgan fingerprint density at radius 2 is 1.71 bits per heavy atom. The van der Waals surface area contributed by atoms with E-state index >= 15 is 0 Å². The third-order valence-corrected chi connectivity index (χ3v) is 7.19. The molecule has 0 aliphatic carbocycles. The van der Waals surface area contributed by atoms with E-state index in [1.807, 2.05) is 80.7 Å². The number of aromatic nitrogens is 1. The van der Waals surface area contributed by atoms with Crippen LogP contribution in [-0.4, -0.2) is 40.7 Å². The van der Waals surface area contributed by atoms with Crippen molar-refractivity contribution in [2.45, 2.75) is 19.9 Å². The van der Waals surface area contributed by atoms with E-state index in [0.717, 1.165) is 35.2 Å². The van der Waals surface area contributed by atoms with Crippen LogP contribution in [0.4, 0.5) is 5.69 Å². The molecule has 38 heavy (non-hydrogen) atoms. The van der Waals surface area contributed by atoms with Gasteiger partial charge in [0.05, 0.1) is 23.9 Å². The van der Waals surface area contributed by atoms with E-state index in [4.69, 9.17) is 33.3 Å². The minimum absolute atomic E-state index is 0.161. The Morgan fingerprint density at radius 1 is 0.974 bits per heavy atom. The third-order valence-electron chi connectivity index (χ3n) is 6.42. The van der Waals surface area contributed by atoms with Crippen LogP contribution in [0.25, 0.3) is 17.0 Å². The fraction of sp³-hybridized carbons (Fsp3) is 0.200. The summed E-state index contributed by atoms with van der Waals surface area (Å²) in [5.41, 5.74) is 3.28. The minimum Gasteiger partial charge on any atom is -0.494 e. The molecule has 2 heterocycles. The molecule has 1 fully saturated rings. The van der Waals surface area contributed by atoms with Crippen LogP contribution in [0.2, 0.25) is 5.02 Å². The topological polar surface area (TPSA) is 46.9 Å². The highest BCUT2D eigenvalue weighted by atomic mass is 35.5. The number of rotatable bonds is 9. The number of hydrogen-bond acceptors (Lipinski definition) is 4. The molecule has 0 unspecified atom stereocenters. The van der Waals surface area contributed by atoms with Gasteiger partial charge < -0.3 is 18.9 Å². The van der Waals surface area contributed by atoms with Gasteiger partial charge in [-0.15, -0.1) is 0 Å². The van der Waals surface area contributed by atoms with Gasteiger partial charge in [0.1, 0.15) is 17.2 Å². The maximum atomic E-state index is 13.5. The summed E-state index contributed by atoms with van der Waals surface area (Å²) in [5.74, 6) is 1.28. The fourth-order valence-electron chi connectivity index (χ4n) is 4.54. The maximum absolute atomic E-state index is 13.5. The lowest BCUT2D eigenvalue weighted by molar-refractivity contribution is -0.114. The Bertz CT molecular complexity index is 1510. The monoisotopic (exact) mass is 545 g/mol. The van der Waals surface area contributed by atoms with Gasteiger partial charge in [-0.25, -0.2) is 0 Å². The van der Waals surface area contributed by atoms with Crippen molar-refractivity contribution in [2.75, 3.05) is 25.2 Å². The second-order valence-corrected chi connectivity index (χ2v) is 9.64. The van der Waals surface area contributed by atoms with Crippen LogP contribution in [0.15, 0.2) is 84.7 Å². The van der Waals surface area contributed by atoms with Gasteiger partial charge in [-0.05, 0) is 74.1 Å². The van der Waals surface area contributed by atoms with E-state index in [1.54, 1.807) is 9.80 Å². The van der Waals surface area contributed by atoms with Gasteiger partial charge in [0.25, 0.3) is 5.91 Å². The summed E-state index contributed by atoms with van der Waals surface area (Å²) in [6, 6.07) is 23.1. The van der Waals surface area contributed by atoms with E-state index in [1.165, 1.54) is 0 Å². The van der Waals surface area contributed by atoms with Crippen LogP contribution in [0.5, 0.6) is 11.5 Å². The summed E-state index contributed by atoms with van der Waals surface area (Å²) < 4.78 is 13.6. The van der Waals surface area contributed by atoms with E-state index in [9.17, 15) is 4.79 Å². The molecule has 0 N–H and O–H groups in total. The molecule has 1 amide bonds. The van der Waals surface area contributed by atoms with Gasteiger partial charge in [0.2, 0.25) is 0 Å². The zero-order chi connectivity index (χ0) is 26.6. The van der Waals surface area contributed by atoms with Gasteiger partial charge >= 0.3 is 0 Å². The van der Waals surface area contributed by atoms with Crippen LogP contribution in [-0.2, 0) is 11.3 Å². The largest absolute Gasteiger partial charge is 0.494 e. The average Bonchev–Trinajstić information content (AvgIpc) is 3.38. The molecule has 3 aromatic carbocycles. The highest BCUT2D eigenvalue weighted by molar-refractivity contribution is 7.80. The Hall–Kier alpha value is -3.81. The Labute approximate surface area is 232 Å². The van der Waals surface area contributed by atoms with Crippen molar-refractivity contribution in [1.29, 1.82) is 0 Å². The number of fused-ring (bicyclic) bond motifs is 1. The lowest BCUT2D eigenvalue weighted by Gasteiger charge is -2.16. The number of carbonyl (C=O) groups excluding carboxylic acids is 1. The molecular weight excluding hydrogens is 518 g/mol. The summed E-state index contributed by atoms with van der Waals surface area (Å²) in [5, 5.41) is 2.11. The minimum atomic E-state index is -0.161. The molecule has 6 nitrogen and oxygen atoms in total. The highest BCUT2D eigenvalue weighted by Gasteiger charge is 2.37. The molecule has 1 aliphatic rings. The Balaban J connectivity index is 1.37. The van der Waals surface area contributed by atoms with Gasteiger partial charge in [0.15, 0.2) is 5.11 Å². The van der Waals surface area contributed by atoms with Crippen molar-refractivity contribution in [3.63, 3.8) is 0 Å². The number of ether oxygens (including phenoxy) is 2. The molecule has 8 heteroatoms. The molecule has 1 aromatic heterocycles. The number of hydrogen-bond donors (Lipinski definition) is 0. The van der Waals surface area contributed by atoms with Crippen LogP contribution in [0.3, 0.4) is 0 Å². The molecule has 0 radical (unpaired) electrons. The molecular formula is C30H28ClN3O3S. The molecule has 194 valence electrons. The second-order valence-electron chi connectivity index (χ2n) is 8.87. The van der Waals surface area contributed by atoms with Crippen molar-refractivity contribution in [2.24, 2.45) is 0 Å². The van der Waals surface area contributed by atoms with Gasteiger partial charge in [0, 0.05) is 36.3 Å². The highest BCUT2D eigenvalue weighted by Crippen LogP contribution is 2.31. The Kier molecular flexibility index (Phi) is 7.67. The first kappa shape index (κ1) is 25.8. The zero-order valence-electron chi connectivity index (χ0n) is 21.3. The van der Waals surface area contributed by atoms with Crippen LogP contribution >= 0.6 is 23.8 Å². The number of halogens is 1. The van der Waals surface area contributed by atoms with Gasteiger partial charge in [-0.1, -0.05) is 41.9 Å². The van der Waals surface area contributed by atoms with Crippen molar-refractivity contribution >= 4 is 57.5 Å². The maximum Gasteiger partial charge on any atom is 0.281 e. The van der Waals surface area contributed by atoms with Crippen molar-refractivity contribution in [1.82, 2.24) is 9.47 Å². The molecule has 0 saturated carbocycles. The van der Waals surface area contributed by atoms with Crippen LogP contribution in [0, 0.1) is 0 Å². The first-order chi connectivity index (χ1) is 18.5. The number of aryl methyl sites for hydroxylation is 1. The molecule has 0 atom stereocenters. The van der Waals surface area contributed by atoms with Crippen LogP contribution in [0.1, 0.15) is 18.9 Å². The van der Waals surface area contributed by atoms with Crippen molar-refractivity contribution in [3.05, 3.63) is 95.3 Å². The normalized spacial score (nSPS) is 14.7. The number of nitrogens with zero attached hydrogens (tertiary/aromatic N) is 3. The SMILES string of the molecule is CCOc1ccc(N2C(=O)/C(=C/c3cn(CCCOc4ccccc4Cl)c4ccccc34)N(C)C2=S)cc1. The van der Waals surface area contributed by atoms with Crippen molar-refractivity contribution in [3.8, 4) is 11.5 Å². The average molecular weight is 546 g/mol. The zero-order valence-corrected chi connectivity index (χ0v) is 22.8. The van der Waals surface area contributed by atoms with Gasteiger partial charge in [-0.2, -0.15) is 0 Å². The summed E-state index contributed by atoms with van der Waals surface area (Å²) in [7, 11) is 1.83. The van der Waals surface area contributed by atoms with Gasteiger partial charge in [-0.3, -0.25) is 9.69 Å². The number of anilines is 1. The number of para-hydroxylation sites is 2. The summed E-state index contributed by atoms with van der Waals surface area (Å²) in [6.07, 6.45) is 4.80. The number of likely N-dealkylation sites (N-methyl/N-ethyl adjacent to an activating group) is 1. The van der Waals surface area contributed by atoms with E-state index in [2.05, 4.69) is 22.9 Å². The first-order valence-electron chi connectivity index (χ1n) is 12.5. The Morgan fingerprint density at radius 3 is 2.47 bits per heavy atom. The number of carbonyl (C=O) groups is 1. The molecule has 0 spiro atoms. The smallest absolute Gasteiger partial charge is 0.281 e. The molecule has 1 saturated heterocycles. The molecule has 1 aliphatic heterocycles. The first-order valence-corrected chi connectivity index (χ1v) is 13.3.